The zero-order valence-electron chi connectivity index (χ0n) is 18.1. The van der Waals surface area contributed by atoms with Crippen molar-refractivity contribution in [1.29, 1.82) is 0 Å². The van der Waals surface area contributed by atoms with Gasteiger partial charge in [-0.1, -0.05) is 23.5 Å². The zero-order chi connectivity index (χ0) is 21.8. The van der Waals surface area contributed by atoms with Crippen LogP contribution in [-0.4, -0.2) is 29.0 Å². The standard InChI is InChI=1S/C25H26N4OS/c1-4-28(5-2)21-11-9-20(10-12-21)24(30)29(17-19-7-6-14-26-16-19)25-27-22-13-8-18(3)15-23(22)31-25/h6-16H,4-5,17H2,1-3H3. The van der Waals surface area contributed by atoms with Gasteiger partial charge in [0.15, 0.2) is 5.13 Å². The Balaban J connectivity index is 1.70. The molecule has 0 N–H and O–H groups in total. The first-order valence-corrected chi connectivity index (χ1v) is 11.3. The minimum atomic E-state index is -0.0641. The van der Waals surface area contributed by atoms with E-state index in [-0.39, 0.29) is 5.91 Å². The van der Waals surface area contributed by atoms with Crippen molar-refractivity contribution in [2.24, 2.45) is 0 Å². The van der Waals surface area contributed by atoms with Gasteiger partial charge in [0.05, 0.1) is 16.8 Å². The zero-order valence-corrected chi connectivity index (χ0v) is 18.9. The summed E-state index contributed by atoms with van der Waals surface area (Å²) < 4.78 is 1.08. The lowest BCUT2D eigenvalue weighted by atomic mass is 10.1. The Hall–Kier alpha value is -3.25. The fourth-order valence-corrected chi connectivity index (χ4v) is 4.66. The molecule has 2 aromatic carbocycles. The fourth-order valence-electron chi connectivity index (χ4n) is 3.60. The fraction of sp³-hybridized carbons (Fsp3) is 0.240. The van der Waals surface area contributed by atoms with E-state index in [1.807, 2.05) is 48.5 Å². The molecule has 5 nitrogen and oxygen atoms in total. The van der Waals surface area contributed by atoms with Gasteiger partial charge in [0.2, 0.25) is 0 Å². The first-order chi connectivity index (χ1) is 15.1. The van der Waals surface area contributed by atoms with Crippen LogP contribution >= 0.6 is 11.3 Å². The number of aryl methyl sites for hydroxylation is 1. The van der Waals surface area contributed by atoms with Crippen molar-refractivity contribution in [3.8, 4) is 0 Å². The van der Waals surface area contributed by atoms with E-state index in [1.54, 1.807) is 28.6 Å². The van der Waals surface area contributed by atoms with E-state index in [0.717, 1.165) is 34.6 Å². The molecular formula is C25H26N4OS. The topological polar surface area (TPSA) is 49.3 Å². The Labute approximate surface area is 187 Å². The van der Waals surface area contributed by atoms with Crippen molar-refractivity contribution in [1.82, 2.24) is 9.97 Å². The van der Waals surface area contributed by atoms with Gasteiger partial charge in [-0.15, -0.1) is 0 Å². The quantitative estimate of drug-likeness (QED) is 0.378. The summed E-state index contributed by atoms with van der Waals surface area (Å²) in [6.07, 6.45) is 3.53. The lowest BCUT2D eigenvalue weighted by Crippen LogP contribution is -2.30. The molecule has 158 valence electrons. The smallest absolute Gasteiger partial charge is 0.260 e. The highest BCUT2D eigenvalue weighted by atomic mass is 32.1. The molecule has 4 aromatic rings. The first kappa shape index (κ1) is 21.0. The Morgan fingerprint density at radius 1 is 1.03 bits per heavy atom. The van der Waals surface area contributed by atoms with Gasteiger partial charge in [-0.25, -0.2) is 4.98 Å². The molecule has 0 radical (unpaired) electrons. The third-order valence-electron chi connectivity index (χ3n) is 5.32. The molecule has 31 heavy (non-hydrogen) atoms. The van der Waals surface area contributed by atoms with E-state index in [1.165, 1.54) is 5.56 Å². The number of nitrogens with zero attached hydrogens (tertiary/aromatic N) is 4. The molecule has 0 bridgehead atoms. The number of anilines is 2. The van der Waals surface area contributed by atoms with Gasteiger partial charge in [-0.3, -0.25) is 14.7 Å². The summed E-state index contributed by atoms with van der Waals surface area (Å²) in [7, 11) is 0. The highest BCUT2D eigenvalue weighted by molar-refractivity contribution is 7.22. The van der Waals surface area contributed by atoms with E-state index in [0.29, 0.717) is 17.2 Å². The minimum absolute atomic E-state index is 0.0641. The third kappa shape index (κ3) is 4.59. The molecule has 0 saturated heterocycles. The predicted octanol–water partition coefficient (Wildman–Crippen LogP) is 5.69. The highest BCUT2D eigenvalue weighted by Crippen LogP contribution is 2.31. The Bertz CT molecular complexity index is 1170. The van der Waals surface area contributed by atoms with E-state index in [2.05, 4.69) is 36.7 Å². The molecule has 0 saturated carbocycles. The molecular weight excluding hydrogens is 404 g/mol. The van der Waals surface area contributed by atoms with E-state index < -0.39 is 0 Å². The van der Waals surface area contributed by atoms with Gasteiger partial charge in [-0.2, -0.15) is 0 Å². The molecule has 0 aliphatic carbocycles. The number of hydrogen-bond donors (Lipinski definition) is 0. The molecule has 2 heterocycles. The summed E-state index contributed by atoms with van der Waals surface area (Å²) in [5, 5.41) is 0.697. The number of fused-ring (bicyclic) bond motifs is 1. The molecule has 0 atom stereocenters. The highest BCUT2D eigenvalue weighted by Gasteiger charge is 2.22. The molecule has 0 fully saturated rings. The number of amides is 1. The molecule has 0 unspecified atom stereocenters. The Morgan fingerprint density at radius 3 is 2.48 bits per heavy atom. The van der Waals surface area contributed by atoms with Gasteiger partial charge in [-0.05, 0) is 74.4 Å². The number of rotatable bonds is 7. The number of pyridine rings is 1. The Morgan fingerprint density at radius 2 is 1.81 bits per heavy atom. The second kappa shape index (κ2) is 9.27. The van der Waals surface area contributed by atoms with Crippen molar-refractivity contribution < 1.29 is 4.79 Å². The SMILES string of the molecule is CCN(CC)c1ccc(C(=O)N(Cc2cccnc2)c2nc3ccc(C)cc3s2)cc1. The monoisotopic (exact) mass is 430 g/mol. The maximum atomic E-state index is 13.6. The van der Waals surface area contributed by atoms with Crippen LogP contribution in [0.5, 0.6) is 0 Å². The molecule has 2 aromatic heterocycles. The average molecular weight is 431 g/mol. The number of thiazole rings is 1. The van der Waals surface area contributed by atoms with Crippen molar-refractivity contribution in [2.45, 2.75) is 27.3 Å². The predicted molar refractivity (Wildman–Crippen MR) is 129 cm³/mol. The molecule has 1 amide bonds. The Kier molecular flexibility index (Phi) is 6.28. The maximum absolute atomic E-state index is 13.6. The van der Waals surface area contributed by atoms with Crippen LogP contribution in [0.2, 0.25) is 0 Å². The second-order valence-corrected chi connectivity index (χ2v) is 8.45. The lowest BCUT2D eigenvalue weighted by Gasteiger charge is -2.22. The van der Waals surface area contributed by atoms with Gasteiger partial charge in [0, 0.05) is 36.7 Å². The van der Waals surface area contributed by atoms with Crippen molar-refractivity contribution in [3.63, 3.8) is 0 Å². The van der Waals surface area contributed by atoms with Crippen LogP contribution in [-0.2, 0) is 6.54 Å². The number of aromatic nitrogens is 2. The van der Waals surface area contributed by atoms with Crippen LogP contribution in [0, 0.1) is 6.92 Å². The van der Waals surface area contributed by atoms with Crippen LogP contribution in [0.4, 0.5) is 10.8 Å². The number of hydrogen-bond acceptors (Lipinski definition) is 5. The summed E-state index contributed by atoms with van der Waals surface area (Å²) in [6, 6.07) is 17.9. The van der Waals surface area contributed by atoms with Crippen LogP contribution in [0.25, 0.3) is 10.2 Å². The maximum Gasteiger partial charge on any atom is 0.260 e. The van der Waals surface area contributed by atoms with Crippen LogP contribution in [0.3, 0.4) is 0 Å². The van der Waals surface area contributed by atoms with Gasteiger partial charge >= 0.3 is 0 Å². The molecule has 4 rings (SSSR count). The first-order valence-electron chi connectivity index (χ1n) is 10.5. The van der Waals surface area contributed by atoms with Crippen molar-refractivity contribution in [3.05, 3.63) is 83.7 Å². The minimum Gasteiger partial charge on any atom is -0.372 e. The summed E-state index contributed by atoms with van der Waals surface area (Å²) in [4.78, 5) is 26.6. The lowest BCUT2D eigenvalue weighted by molar-refractivity contribution is 0.0985. The summed E-state index contributed by atoms with van der Waals surface area (Å²) in [6.45, 7) is 8.61. The van der Waals surface area contributed by atoms with E-state index in [4.69, 9.17) is 4.98 Å². The summed E-state index contributed by atoms with van der Waals surface area (Å²) in [5.41, 5.74) is 4.82. The second-order valence-electron chi connectivity index (χ2n) is 7.44. The third-order valence-corrected chi connectivity index (χ3v) is 6.36. The number of carbonyl (C=O) groups excluding carboxylic acids is 1. The summed E-state index contributed by atoms with van der Waals surface area (Å²) >= 11 is 1.54. The van der Waals surface area contributed by atoms with Crippen LogP contribution in [0.15, 0.2) is 67.0 Å². The van der Waals surface area contributed by atoms with Crippen molar-refractivity contribution in [2.75, 3.05) is 22.9 Å². The van der Waals surface area contributed by atoms with Crippen LogP contribution in [0.1, 0.15) is 35.3 Å². The van der Waals surface area contributed by atoms with Crippen LogP contribution < -0.4 is 9.80 Å². The van der Waals surface area contributed by atoms with E-state index >= 15 is 0 Å². The van der Waals surface area contributed by atoms with Gasteiger partial charge in [0.25, 0.3) is 5.91 Å². The molecule has 6 heteroatoms. The molecule has 0 aliphatic rings. The normalized spacial score (nSPS) is 10.9. The van der Waals surface area contributed by atoms with Gasteiger partial charge < -0.3 is 4.90 Å². The number of carbonyl (C=O) groups is 1. The molecule has 0 aliphatic heterocycles. The van der Waals surface area contributed by atoms with E-state index in [9.17, 15) is 4.79 Å². The average Bonchev–Trinajstić information content (AvgIpc) is 3.22. The summed E-state index contributed by atoms with van der Waals surface area (Å²) in [5.74, 6) is -0.0641. The van der Waals surface area contributed by atoms with Crippen molar-refractivity contribution >= 4 is 38.3 Å². The molecule has 0 spiro atoms. The number of benzene rings is 2. The largest absolute Gasteiger partial charge is 0.372 e. The van der Waals surface area contributed by atoms with Gasteiger partial charge in [0.1, 0.15) is 0 Å².